The summed E-state index contributed by atoms with van der Waals surface area (Å²) < 4.78 is 5.31. The van der Waals surface area contributed by atoms with Gasteiger partial charge in [0.15, 0.2) is 0 Å². The number of hydrogen-bond donors (Lipinski definition) is 2. The maximum absolute atomic E-state index is 12.6. The third-order valence-electron chi connectivity index (χ3n) is 4.43. The van der Waals surface area contributed by atoms with Gasteiger partial charge in [0, 0.05) is 38.0 Å². The molecule has 1 amide bonds. The van der Waals surface area contributed by atoms with Crippen LogP contribution in [0.3, 0.4) is 0 Å². The number of nitrogens with one attached hydrogen (secondary N) is 1. The van der Waals surface area contributed by atoms with Crippen molar-refractivity contribution in [3.8, 4) is 0 Å². The maximum Gasteiger partial charge on any atom is 0.242 e. The van der Waals surface area contributed by atoms with Gasteiger partial charge in [0.25, 0.3) is 0 Å². The lowest BCUT2D eigenvalue weighted by Gasteiger charge is -2.35. The molecule has 2 aliphatic rings. The number of para-hydroxylation sites is 1. The molecule has 0 saturated carbocycles. The predicted octanol–water partition coefficient (Wildman–Crippen LogP) is 1.21. The highest BCUT2D eigenvalue weighted by atomic mass is 16.5. The number of anilines is 1. The second kappa shape index (κ2) is 6.03. The number of benzene rings is 1. The van der Waals surface area contributed by atoms with Crippen molar-refractivity contribution >= 4 is 11.6 Å². The molecule has 5 heteroatoms. The number of ether oxygens (including phenoxy) is 1. The molecule has 21 heavy (non-hydrogen) atoms. The molecule has 1 unspecified atom stereocenters. The van der Waals surface area contributed by atoms with Gasteiger partial charge in [-0.2, -0.15) is 0 Å². The molecule has 2 aliphatic heterocycles. The summed E-state index contributed by atoms with van der Waals surface area (Å²) in [6.07, 6.45) is 2.21. The molecule has 114 valence electrons. The minimum Gasteiger partial charge on any atom is -0.381 e. The Kier molecular flexibility index (Phi) is 4.12. The van der Waals surface area contributed by atoms with E-state index in [1.807, 2.05) is 35.2 Å². The summed E-state index contributed by atoms with van der Waals surface area (Å²) in [4.78, 5) is 14.5. The standard InChI is InChI=1S/C16H23N3O2/c17-16(7-10-21-11-8-16)15(20)19-9-6-14(12-19)18-13-4-2-1-3-5-13/h1-5,14,18H,6-12,17H2. The van der Waals surface area contributed by atoms with Crippen LogP contribution in [0.15, 0.2) is 30.3 Å². The smallest absolute Gasteiger partial charge is 0.242 e. The van der Waals surface area contributed by atoms with Gasteiger partial charge in [-0.1, -0.05) is 18.2 Å². The summed E-state index contributed by atoms with van der Waals surface area (Å²) in [5, 5.41) is 3.48. The topological polar surface area (TPSA) is 67.6 Å². The number of nitrogens with zero attached hydrogens (tertiary/aromatic N) is 1. The predicted molar refractivity (Wildman–Crippen MR) is 82.0 cm³/mol. The second-order valence-electron chi connectivity index (χ2n) is 6.02. The minimum absolute atomic E-state index is 0.0863. The van der Waals surface area contributed by atoms with E-state index in [1.165, 1.54) is 0 Å². The van der Waals surface area contributed by atoms with E-state index in [0.717, 1.165) is 25.2 Å². The Labute approximate surface area is 125 Å². The molecule has 1 aromatic rings. The highest BCUT2D eigenvalue weighted by Crippen LogP contribution is 2.24. The van der Waals surface area contributed by atoms with Crippen LogP contribution in [0.25, 0.3) is 0 Å². The van der Waals surface area contributed by atoms with Crippen LogP contribution in [-0.2, 0) is 9.53 Å². The Morgan fingerprint density at radius 1 is 1.29 bits per heavy atom. The molecular weight excluding hydrogens is 266 g/mol. The minimum atomic E-state index is -0.722. The Hall–Kier alpha value is -1.59. The van der Waals surface area contributed by atoms with Crippen molar-refractivity contribution in [1.29, 1.82) is 0 Å². The first-order chi connectivity index (χ1) is 10.2. The molecule has 0 spiro atoms. The van der Waals surface area contributed by atoms with Crippen molar-refractivity contribution < 1.29 is 9.53 Å². The van der Waals surface area contributed by atoms with Gasteiger partial charge in [-0.3, -0.25) is 4.79 Å². The Bertz CT molecular complexity index is 486. The van der Waals surface area contributed by atoms with E-state index in [1.54, 1.807) is 0 Å². The molecule has 0 radical (unpaired) electrons. The molecule has 3 N–H and O–H groups in total. The van der Waals surface area contributed by atoms with Crippen LogP contribution < -0.4 is 11.1 Å². The van der Waals surface area contributed by atoms with Crippen molar-refractivity contribution in [1.82, 2.24) is 4.90 Å². The number of carbonyl (C=O) groups is 1. The number of carbonyl (C=O) groups excluding carboxylic acids is 1. The zero-order valence-corrected chi connectivity index (χ0v) is 12.3. The van der Waals surface area contributed by atoms with Crippen molar-refractivity contribution in [2.75, 3.05) is 31.6 Å². The van der Waals surface area contributed by atoms with E-state index in [9.17, 15) is 4.79 Å². The average molecular weight is 289 g/mol. The van der Waals surface area contributed by atoms with E-state index in [2.05, 4.69) is 5.32 Å². The third-order valence-corrected chi connectivity index (χ3v) is 4.43. The number of likely N-dealkylation sites (tertiary alicyclic amines) is 1. The SMILES string of the molecule is NC1(C(=O)N2CCC(Nc3ccccc3)C2)CCOCC1. The molecule has 0 aromatic heterocycles. The van der Waals surface area contributed by atoms with Gasteiger partial charge in [-0.15, -0.1) is 0 Å². The average Bonchev–Trinajstić information content (AvgIpc) is 2.96. The molecular formula is C16H23N3O2. The molecule has 5 nitrogen and oxygen atoms in total. The van der Waals surface area contributed by atoms with Crippen LogP contribution in [0.2, 0.25) is 0 Å². The van der Waals surface area contributed by atoms with E-state index >= 15 is 0 Å². The summed E-state index contributed by atoms with van der Waals surface area (Å²) in [6, 6.07) is 10.4. The fourth-order valence-corrected chi connectivity index (χ4v) is 3.10. The van der Waals surface area contributed by atoms with Gasteiger partial charge in [-0.05, 0) is 31.4 Å². The second-order valence-corrected chi connectivity index (χ2v) is 6.02. The molecule has 2 fully saturated rings. The zero-order valence-electron chi connectivity index (χ0n) is 12.3. The lowest BCUT2D eigenvalue weighted by atomic mass is 9.90. The monoisotopic (exact) mass is 289 g/mol. The molecule has 0 aliphatic carbocycles. The summed E-state index contributed by atoms with van der Waals surface area (Å²) >= 11 is 0. The van der Waals surface area contributed by atoms with Crippen LogP contribution in [0.5, 0.6) is 0 Å². The first kappa shape index (κ1) is 14.4. The van der Waals surface area contributed by atoms with Crippen molar-refractivity contribution in [2.24, 2.45) is 5.73 Å². The summed E-state index contributed by atoms with van der Waals surface area (Å²) in [5.74, 6) is 0.0863. The van der Waals surface area contributed by atoms with Crippen LogP contribution in [-0.4, -0.2) is 48.7 Å². The fraction of sp³-hybridized carbons (Fsp3) is 0.562. The maximum atomic E-state index is 12.6. The van der Waals surface area contributed by atoms with Crippen LogP contribution >= 0.6 is 0 Å². The van der Waals surface area contributed by atoms with Crippen molar-refractivity contribution in [3.63, 3.8) is 0 Å². The van der Waals surface area contributed by atoms with Crippen molar-refractivity contribution in [2.45, 2.75) is 30.8 Å². The van der Waals surface area contributed by atoms with Crippen LogP contribution in [0.1, 0.15) is 19.3 Å². The largest absolute Gasteiger partial charge is 0.381 e. The van der Waals surface area contributed by atoms with Gasteiger partial charge >= 0.3 is 0 Å². The molecule has 2 saturated heterocycles. The molecule has 1 aromatic carbocycles. The van der Waals surface area contributed by atoms with Gasteiger partial charge in [0.05, 0.1) is 5.54 Å². The number of rotatable bonds is 3. The molecule has 1 atom stereocenters. The van der Waals surface area contributed by atoms with E-state index in [0.29, 0.717) is 32.1 Å². The zero-order chi connectivity index (χ0) is 14.7. The first-order valence-corrected chi connectivity index (χ1v) is 7.65. The molecule has 2 heterocycles. The summed E-state index contributed by atoms with van der Waals surface area (Å²) in [7, 11) is 0. The lowest BCUT2D eigenvalue weighted by molar-refractivity contribution is -0.139. The van der Waals surface area contributed by atoms with Crippen LogP contribution in [0, 0.1) is 0 Å². The fourth-order valence-electron chi connectivity index (χ4n) is 3.10. The summed E-state index contributed by atoms with van der Waals surface area (Å²) in [6.45, 7) is 2.68. The number of hydrogen-bond acceptors (Lipinski definition) is 4. The Morgan fingerprint density at radius 3 is 2.71 bits per heavy atom. The van der Waals surface area contributed by atoms with Gasteiger partial charge in [0.1, 0.15) is 0 Å². The van der Waals surface area contributed by atoms with Gasteiger partial charge in [-0.25, -0.2) is 0 Å². The summed E-state index contributed by atoms with van der Waals surface area (Å²) in [5.41, 5.74) is 6.67. The van der Waals surface area contributed by atoms with E-state index < -0.39 is 5.54 Å². The number of amides is 1. The quantitative estimate of drug-likeness (QED) is 0.877. The Balaban J connectivity index is 1.58. The Morgan fingerprint density at radius 2 is 2.00 bits per heavy atom. The van der Waals surface area contributed by atoms with E-state index in [-0.39, 0.29) is 5.91 Å². The third kappa shape index (κ3) is 3.19. The molecule has 3 rings (SSSR count). The van der Waals surface area contributed by atoms with Gasteiger partial charge in [0.2, 0.25) is 5.91 Å². The number of nitrogens with two attached hydrogens (primary N) is 1. The van der Waals surface area contributed by atoms with Crippen LogP contribution in [0.4, 0.5) is 5.69 Å². The highest BCUT2D eigenvalue weighted by Gasteiger charge is 2.41. The van der Waals surface area contributed by atoms with Gasteiger partial charge < -0.3 is 20.7 Å². The van der Waals surface area contributed by atoms with E-state index in [4.69, 9.17) is 10.5 Å². The molecule has 0 bridgehead atoms. The van der Waals surface area contributed by atoms with Crippen molar-refractivity contribution in [3.05, 3.63) is 30.3 Å². The first-order valence-electron chi connectivity index (χ1n) is 7.65. The highest BCUT2D eigenvalue weighted by molar-refractivity contribution is 5.86. The normalized spacial score (nSPS) is 24.8. The lowest BCUT2D eigenvalue weighted by Crippen LogP contribution is -2.57.